The second kappa shape index (κ2) is 8.65. The zero-order valence-electron chi connectivity index (χ0n) is 16.6. The lowest BCUT2D eigenvalue weighted by Crippen LogP contribution is -2.26. The standard InChI is InChI=1S/C21H25N3O4S/c1-3-4-12-22-21(26)18-7-5-6-8-19(18)23-29(27,28)17-9-10-20-16(14-17)11-13-24(20)15(2)25/h5-10,14,23H,3-4,11-13H2,1-2H3,(H,22,26). The number of amides is 2. The molecule has 0 bridgehead atoms. The van der Waals surface area contributed by atoms with Crippen LogP contribution in [-0.4, -0.2) is 33.3 Å². The minimum absolute atomic E-state index is 0.0690. The van der Waals surface area contributed by atoms with E-state index in [1.807, 2.05) is 6.92 Å². The predicted octanol–water partition coefficient (Wildman–Crippen LogP) is 2.93. The SMILES string of the molecule is CCCCNC(=O)c1ccccc1NS(=O)(=O)c1ccc2c(c1)CCN2C(C)=O. The summed E-state index contributed by atoms with van der Waals surface area (Å²) in [7, 11) is -3.89. The van der Waals surface area contributed by atoms with Gasteiger partial charge in [0, 0.05) is 25.7 Å². The highest BCUT2D eigenvalue weighted by Crippen LogP contribution is 2.31. The molecule has 0 unspecified atom stereocenters. The van der Waals surface area contributed by atoms with E-state index in [1.54, 1.807) is 41.3 Å². The van der Waals surface area contributed by atoms with Gasteiger partial charge < -0.3 is 10.2 Å². The van der Waals surface area contributed by atoms with Gasteiger partial charge in [-0.15, -0.1) is 0 Å². The number of unbranched alkanes of at least 4 members (excludes halogenated alkanes) is 1. The van der Waals surface area contributed by atoms with Crippen molar-refractivity contribution < 1.29 is 18.0 Å². The number of hydrogen-bond donors (Lipinski definition) is 2. The van der Waals surface area contributed by atoms with Gasteiger partial charge in [-0.2, -0.15) is 0 Å². The van der Waals surface area contributed by atoms with Crippen LogP contribution in [0.25, 0.3) is 0 Å². The molecule has 2 aromatic rings. The van der Waals surface area contributed by atoms with Crippen molar-refractivity contribution in [1.29, 1.82) is 0 Å². The van der Waals surface area contributed by atoms with Crippen LogP contribution < -0.4 is 14.9 Å². The number of rotatable bonds is 7. The first-order valence-corrected chi connectivity index (χ1v) is 11.1. The molecule has 29 heavy (non-hydrogen) atoms. The third kappa shape index (κ3) is 4.59. The Hall–Kier alpha value is -2.87. The fraction of sp³-hybridized carbons (Fsp3) is 0.333. The molecule has 2 amide bonds. The van der Waals surface area contributed by atoms with Crippen molar-refractivity contribution in [3.63, 3.8) is 0 Å². The van der Waals surface area contributed by atoms with Crippen LogP contribution in [0.2, 0.25) is 0 Å². The highest BCUT2D eigenvalue weighted by Gasteiger charge is 2.25. The molecule has 3 rings (SSSR count). The molecule has 154 valence electrons. The van der Waals surface area contributed by atoms with E-state index in [1.165, 1.54) is 13.0 Å². The van der Waals surface area contributed by atoms with Gasteiger partial charge in [0.25, 0.3) is 15.9 Å². The number of nitrogens with one attached hydrogen (secondary N) is 2. The first kappa shape index (κ1) is 20.9. The number of para-hydroxylation sites is 1. The Morgan fingerprint density at radius 3 is 2.62 bits per heavy atom. The van der Waals surface area contributed by atoms with E-state index < -0.39 is 10.0 Å². The van der Waals surface area contributed by atoms with E-state index in [2.05, 4.69) is 10.0 Å². The van der Waals surface area contributed by atoms with E-state index in [0.29, 0.717) is 19.5 Å². The number of carbonyl (C=O) groups excluding carboxylic acids is 2. The van der Waals surface area contributed by atoms with Gasteiger partial charge in [0.15, 0.2) is 0 Å². The largest absolute Gasteiger partial charge is 0.352 e. The van der Waals surface area contributed by atoms with Crippen LogP contribution in [0.3, 0.4) is 0 Å². The lowest BCUT2D eigenvalue weighted by atomic mass is 10.1. The molecular weight excluding hydrogens is 390 g/mol. The van der Waals surface area contributed by atoms with Gasteiger partial charge in [-0.3, -0.25) is 14.3 Å². The van der Waals surface area contributed by atoms with E-state index >= 15 is 0 Å². The molecule has 0 radical (unpaired) electrons. The number of benzene rings is 2. The normalized spacial score (nSPS) is 13.1. The zero-order valence-corrected chi connectivity index (χ0v) is 17.4. The second-order valence-electron chi connectivity index (χ2n) is 6.97. The summed E-state index contributed by atoms with van der Waals surface area (Å²) in [4.78, 5) is 25.9. The quantitative estimate of drug-likeness (QED) is 0.680. The highest BCUT2D eigenvalue weighted by atomic mass is 32.2. The van der Waals surface area contributed by atoms with Crippen molar-refractivity contribution in [1.82, 2.24) is 5.32 Å². The van der Waals surface area contributed by atoms with Crippen LogP contribution in [0, 0.1) is 0 Å². The molecule has 0 saturated heterocycles. The average molecular weight is 416 g/mol. The van der Waals surface area contributed by atoms with Crippen molar-refractivity contribution in [2.24, 2.45) is 0 Å². The number of nitrogens with zero attached hydrogens (tertiary/aromatic N) is 1. The molecule has 1 aliphatic rings. The summed E-state index contributed by atoms with van der Waals surface area (Å²) in [6.07, 6.45) is 2.41. The van der Waals surface area contributed by atoms with Crippen LogP contribution in [0.5, 0.6) is 0 Å². The summed E-state index contributed by atoms with van der Waals surface area (Å²) >= 11 is 0. The topological polar surface area (TPSA) is 95.6 Å². The Morgan fingerprint density at radius 2 is 1.90 bits per heavy atom. The predicted molar refractivity (Wildman–Crippen MR) is 113 cm³/mol. The fourth-order valence-corrected chi connectivity index (χ4v) is 4.45. The van der Waals surface area contributed by atoms with E-state index in [9.17, 15) is 18.0 Å². The molecule has 2 aromatic carbocycles. The van der Waals surface area contributed by atoms with Gasteiger partial charge in [0.05, 0.1) is 16.1 Å². The molecule has 8 heteroatoms. The summed E-state index contributed by atoms with van der Waals surface area (Å²) in [6.45, 7) is 4.60. The van der Waals surface area contributed by atoms with Crippen molar-refractivity contribution in [2.75, 3.05) is 22.7 Å². The fourth-order valence-electron chi connectivity index (χ4n) is 3.32. The van der Waals surface area contributed by atoms with Gasteiger partial charge in [0.1, 0.15) is 0 Å². The lowest BCUT2D eigenvalue weighted by molar-refractivity contribution is -0.116. The zero-order chi connectivity index (χ0) is 21.0. The Kier molecular flexibility index (Phi) is 6.22. The molecular formula is C21H25N3O4S. The lowest BCUT2D eigenvalue weighted by Gasteiger charge is -2.16. The molecule has 0 aromatic heterocycles. The maximum atomic E-state index is 12.9. The second-order valence-corrected chi connectivity index (χ2v) is 8.65. The van der Waals surface area contributed by atoms with Crippen molar-refractivity contribution in [2.45, 2.75) is 38.0 Å². The number of anilines is 2. The Labute approximate surface area is 171 Å². The van der Waals surface area contributed by atoms with Crippen LogP contribution in [0.15, 0.2) is 47.4 Å². The number of hydrogen-bond acceptors (Lipinski definition) is 4. The van der Waals surface area contributed by atoms with Crippen molar-refractivity contribution >= 4 is 33.2 Å². The van der Waals surface area contributed by atoms with E-state index in [0.717, 1.165) is 24.1 Å². The Balaban J connectivity index is 1.84. The molecule has 0 aliphatic carbocycles. The molecule has 1 heterocycles. The van der Waals surface area contributed by atoms with Gasteiger partial charge in [-0.25, -0.2) is 8.42 Å². The van der Waals surface area contributed by atoms with Gasteiger partial charge in [0.2, 0.25) is 5.91 Å². The Morgan fingerprint density at radius 1 is 1.14 bits per heavy atom. The average Bonchev–Trinajstić information content (AvgIpc) is 3.12. The number of sulfonamides is 1. The van der Waals surface area contributed by atoms with E-state index in [-0.39, 0.29) is 28.0 Å². The summed E-state index contributed by atoms with van der Waals surface area (Å²) < 4.78 is 28.4. The first-order valence-electron chi connectivity index (χ1n) is 9.64. The first-order chi connectivity index (χ1) is 13.8. The molecule has 7 nitrogen and oxygen atoms in total. The van der Waals surface area contributed by atoms with Crippen LogP contribution in [-0.2, 0) is 21.2 Å². The van der Waals surface area contributed by atoms with Crippen LogP contribution >= 0.6 is 0 Å². The van der Waals surface area contributed by atoms with Gasteiger partial charge in [-0.1, -0.05) is 25.5 Å². The Bertz CT molecular complexity index is 1030. The molecule has 1 aliphatic heterocycles. The minimum atomic E-state index is -3.89. The van der Waals surface area contributed by atoms with Crippen LogP contribution in [0.1, 0.15) is 42.6 Å². The smallest absolute Gasteiger partial charge is 0.261 e. The molecule has 0 spiro atoms. The molecule has 0 fully saturated rings. The van der Waals surface area contributed by atoms with Gasteiger partial charge >= 0.3 is 0 Å². The maximum Gasteiger partial charge on any atom is 0.261 e. The monoisotopic (exact) mass is 415 g/mol. The minimum Gasteiger partial charge on any atom is -0.352 e. The number of fused-ring (bicyclic) bond motifs is 1. The van der Waals surface area contributed by atoms with E-state index in [4.69, 9.17) is 0 Å². The molecule has 0 saturated carbocycles. The highest BCUT2D eigenvalue weighted by molar-refractivity contribution is 7.92. The third-order valence-corrected chi connectivity index (χ3v) is 6.23. The molecule has 2 N–H and O–H groups in total. The van der Waals surface area contributed by atoms with Crippen molar-refractivity contribution in [3.8, 4) is 0 Å². The summed E-state index contributed by atoms with van der Waals surface area (Å²) in [5, 5.41) is 2.80. The van der Waals surface area contributed by atoms with Gasteiger partial charge in [-0.05, 0) is 48.7 Å². The van der Waals surface area contributed by atoms with Crippen molar-refractivity contribution in [3.05, 3.63) is 53.6 Å². The number of carbonyl (C=O) groups is 2. The summed E-state index contributed by atoms with van der Waals surface area (Å²) in [5.74, 6) is -0.386. The molecule has 0 atom stereocenters. The third-order valence-electron chi connectivity index (χ3n) is 4.87. The van der Waals surface area contributed by atoms with Crippen LogP contribution in [0.4, 0.5) is 11.4 Å². The maximum absolute atomic E-state index is 12.9. The summed E-state index contributed by atoms with van der Waals surface area (Å²) in [6, 6.07) is 11.2. The summed E-state index contributed by atoms with van der Waals surface area (Å²) in [5.41, 5.74) is 2.06.